The maximum atomic E-state index is 14.5. The number of aryl methyl sites for hydroxylation is 1. The highest BCUT2D eigenvalue weighted by Gasteiger charge is 2.30. The Hall–Kier alpha value is -3.16. The molecule has 1 heterocycles. The maximum Gasteiger partial charge on any atom is 0.254 e. The number of carbonyl (C=O) groups excluding carboxylic acids is 2. The van der Waals surface area contributed by atoms with Crippen molar-refractivity contribution < 1.29 is 28.2 Å². The molecular formula is C20H20F2N2O4. The van der Waals surface area contributed by atoms with Gasteiger partial charge in [-0.2, -0.15) is 0 Å². The molecule has 0 bridgehead atoms. The molecule has 2 N–H and O–H groups in total. The number of hydrogen-bond donors (Lipinski definition) is 2. The van der Waals surface area contributed by atoms with Gasteiger partial charge in [-0.3, -0.25) is 9.59 Å². The van der Waals surface area contributed by atoms with Gasteiger partial charge in [0, 0.05) is 24.7 Å². The molecule has 0 saturated carbocycles. The van der Waals surface area contributed by atoms with E-state index in [2.05, 4.69) is 5.32 Å². The molecule has 2 aromatic carbocycles. The predicted molar refractivity (Wildman–Crippen MR) is 97.4 cm³/mol. The van der Waals surface area contributed by atoms with Gasteiger partial charge in [-0.15, -0.1) is 0 Å². The fraction of sp³-hybridized carbons (Fsp3) is 0.300. The van der Waals surface area contributed by atoms with E-state index in [1.54, 1.807) is 13.8 Å². The third-order valence-corrected chi connectivity index (χ3v) is 4.67. The summed E-state index contributed by atoms with van der Waals surface area (Å²) in [4.78, 5) is 25.7. The van der Waals surface area contributed by atoms with Crippen LogP contribution in [0.1, 0.15) is 29.8 Å². The van der Waals surface area contributed by atoms with E-state index in [4.69, 9.17) is 4.74 Å². The average Bonchev–Trinajstić information content (AvgIpc) is 2.67. The number of phenolic OH excluding ortho intramolecular Hbond substituents is 1. The zero-order valence-electron chi connectivity index (χ0n) is 15.5. The predicted octanol–water partition coefficient (Wildman–Crippen LogP) is 2.99. The first-order valence-corrected chi connectivity index (χ1v) is 8.89. The van der Waals surface area contributed by atoms with Gasteiger partial charge in [0.05, 0.1) is 0 Å². The monoisotopic (exact) mass is 390 g/mol. The number of hydrogen-bond acceptors (Lipinski definition) is 4. The van der Waals surface area contributed by atoms with Gasteiger partial charge in [-0.1, -0.05) is 6.92 Å². The van der Waals surface area contributed by atoms with Crippen LogP contribution in [0, 0.1) is 11.6 Å². The number of piperazine rings is 1. The molecule has 148 valence electrons. The van der Waals surface area contributed by atoms with Crippen molar-refractivity contribution in [3.8, 4) is 17.2 Å². The second kappa shape index (κ2) is 7.84. The summed E-state index contributed by atoms with van der Waals surface area (Å²) in [7, 11) is 0. The van der Waals surface area contributed by atoms with Crippen LogP contribution in [0.4, 0.5) is 8.78 Å². The molecule has 1 atom stereocenters. The van der Waals surface area contributed by atoms with Crippen LogP contribution >= 0.6 is 0 Å². The summed E-state index contributed by atoms with van der Waals surface area (Å²) in [5.74, 6) is -2.97. The Kier molecular flexibility index (Phi) is 5.48. The van der Waals surface area contributed by atoms with Gasteiger partial charge in [0.15, 0.2) is 23.1 Å². The Balaban J connectivity index is 1.82. The second-order valence-corrected chi connectivity index (χ2v) is 6.48. The Bertz CT molecular complexity index is 933. The lowest BCUT2D eigenvalue weighted by atomic mass is 10.1. The first-order chi connectivity index (χ1) is 13.3. The van der Waals surface area contributed by atoms with Gasteiger partial charge in [-0.25, -0.2) is 8.78 Å². The van der Waals surface area contributed by atoms with Crippen molar-refractivity contribution in [2.24, 2.45) is 0 Å². The lowest BCUT2D eigenvalue weighted by Crippen LogP contribution is -2.55. The number of halogens is 2. The highest BCUT2D eigenvalue weighted by Crippen LogP contribution is 2.34. The summed E-state index contributed by atoms with van der Waals surface area (Å²) in [5.41, 5.74) is 0.370. The van der Waals surface area contributed by atoms with Crippen LogP contribution < -0.4 is 10.1 Å². The number of nitrogens with zero attached hydrogens (tertiary/aromatic N) is 1. The molecule has 0 radical (unpaired) electrons. The highest BCUT2D eigenvalue weighted by molar-refractivity contribution is 5.98. The van der Waals surface area contributed by atoms with Gasteiger partial charge < -0.3 is 20.1 Å². The van der Waals surface area contributed by atoms with Crippen LogP contribution in [0.25, 0.3) is 0 Å². The maximum absolute atomic E-state index is 14.5. The molecule has 1 aliphatic rings. The summed E-state index contributed by atoms with van der Waals surface area (Å²) in [5, 5.41) is 12.6. The van der Waals surface area contributed by atoms with Gasteiger partial charge >= 0.3 is 0 Å². The zero-order chi connectivity index (χ0) is 20.4. The average molecular weight is 390 g/mol. The van der Waals surface area contributed by atoms with Crippen molar-refractivity contribution in [2.75, 3.05) is 13.1 Å². The summed E-state index contributed by atoms with van der Waals surface area (Å²) in [6.45, 7) is 3.98. The molecule has 28 heavy (non-hydrogen) atoms. The summed E-state index contributed by atoms with van der Waals surface area (Å²) >= 11 is 0. The van der Waals surface area contributed by atoms with Gasteiger partial charge in [0.1, 0.15) is 11.9 Å². The summed E-state index contributed by atoms with van der Waals surface area (Å²) < 4.78 is 33.7. The molecule has 1 saturated heterocycles. The van der Waals surface area contributed by atoms with Crippen LogP contribution in [-0.2, 0) is 11.2 Å². The van der Waals surface area contributed by atoms with E-state index in [0.717, 1.165) is 12.1 Å². The molecule has 6 nitrogen and oxygen atoms in total. The smallest absolute Gasteiger partial charge is 0.254 e. The van der Waals surface area contributed by atoms with Crippen LogP contribution in [0.5, 0.6) is 17.2 Å². The molecule has 0 aliphatic carbocycles. The quantitative estimate of drug-likeness (QED) is 0.841. The molecule has 1 unspecified atom stereocenters. The van der Waals surface area contributed by atoms with Crippen LogP contribution in [0.15, 0.2) is 30.3 Å². The third-order valence-electron chi connectivity index (χ3n) is 4.67. The second-order valence-electron chi connectivity index (χ2n) is 6.48. The molecular weight excluding hydrogens is 370 g/mol. The van der Waals surface area contributed by atoms with E-state index in [0.29, 0.717) is 25.1 Å². The Morgan fingerprint density at radius 1 is 1.25 bits per heavy atom. The number of amides is 2. The number of carbonyl (C=O) groups is 2. The fourth-order valence-corrected chi connectivity index (χ4v) is 3.00. The molecule has 8 heteroatoms. The van der Waals surface area contributed by atoms with Crippen LogP contribution in [0.2, 0.25) is 0 Å². The fourth-order valence-electron chi connectivity index (χ4n) is 3.00. The Labute approximate surface area is 160 Å². The van der Waals surface area contributed by atoms with Gasteiger partial charge in [-0.05, 0) is 43.2 Å². The summed E-state index contributed by atoms with van der Waals surface area (Å²) in [6, 6.07) is 5.13. The third kappa shape index (κ3) is 3.76. The minimum Gasteiger partial charge on any atom is -0.504 e. The van der Waals surface area contributed by atoms with Crippen molar-refractivity contribution in [1.29, 1.82) is 0 Å². The van der Waals surface area contributed by atoms with E-state index in [1.807, 2.05) is 0 Å². The largest absolute Gasteiger partial charge is 0.504 e. The number of phenols is 1. The highest BCUT2D eigenvalue weighted by atomic mass is 19.1. The topological polar surface area (TPSA) is 78.9 Å². The number of ether oxygens (including phenoxy) is 1. The molecule has 1 fully saturated rings. The van der Waals surface area contributed by atoms with Crippen molar-refractivity contribution >= 4 is 11.8 Å². The van der Waals surface area contributed by atoms with Crippen molar-refractivity contribution in [1.82, 2.24) is 10.2 Å². The van der Waals surface area contributed by atoms with E-state index < -0.39 is 23.6 Å². The van der Waals surface area contributed by atoms with E-state index >= 15 is 0 Å². The normalized spacial score (nSPS) is 16.6. The van der Waals surface area contributed by atoms with E-state index in [-0.39, 0.29) is 28.7 Å². The Morgan fingerprint density at radius 2 is 2.00 bits per heavy atom. The number of nitrogens with one attached hydrogen (secondary N) is 1. The van der Waals surface area contributed by atoms with Crippen LogP contribution in [0.3, 0.4) is 0 Å². The van der Waals surface area contributed by atoms with Gasteiger partial charge in [0.2, 0.25) is 5.91 Å². The van der Waals surface area contributed by atoms with Gasteiger partial charge in [0.25, 0.3) is 5.91 Å². The summed E-state index contributed by atoms with van der Waals surface area (Å²) in [6.07, 6.45) is 0.387. The standard InChI is InChI=1S/C20H20F2N2O4/c1-3-12-9-16(25)18(10-14(12)21)28-17-5-4-13(8-15(17)22)20(27)24-7-6-23-19(26)11(24)2/h4-5,8-11,25H,3,6-7H2,1-2H3,(H,23,26). The van der Waals surface area contributed by atoms with E-state index in [1.165, 1.54) is 23.1 Å². The molecule has 2 aromatic rings. The first kappa shape index (κ1) is 19.6. The number of benzene rings is 2. The molecule has 0 spiro atoms. The first-order valence-electron chi connectivity index (χ1n) is 8.89. The lowest BCUT2D eigenvalue weighted by molar-refractivity contribution is -0.127. The number of rotatable bonds is 4. The molecule has 2 amide bonds. The van der Waals surface area contributed by atoms with Crippen molar-refractivity contribution in [3.05, 3.63) is 53.1 Å². The molecule has 0 aromatic heterocycles. The zero-order valence-corrected chi connectivity index (χ0v) is 15.5. The van der Waals surface area contributed by atoms with Crippen LogP contribution in [-0.4, -0.2) is 41.0 Å². The molecule has 1 aliphatic heterocycles. The van der Waals surface area contributed by atoms with E-state index in [9.17, 15) is 23.5 Å². The lowest BCUT2D eigenvalue weighted by Gasteiger charge is -2.32. The van der Waals surface area contributed by atoms with Crippen molar-refractivity contribution in [2.45, 2.75) is 26.3 Å². The Morgan fingerprint density at radius 3 is 2.68 bits per heavy atom. The minimum absolute atomic E-state index is 0.0585. The van der Waals surface area contributed by atoms with Crippen molar-refractivity contribution in [3.63, 3.8) is 0 Å². The minimum atomic E-state index is -0.848. The SMILES string of the molecule is CCc1cc(O)c(Oc2ccc(C(=O)N3CCNC(=O)C3C)cc2F)cc1F. The molecule has 3 rings (SSSR count). The number of aromatic hydroxyl groups is 1.